The van der Waals surface area contributed by atoms with Crippen LogP contribution in [0.1, 0.15) is 22.8 Å². The van der Waals surface area contributed by atoms with E-state index in [4.69, 9.17) is 4.74 Å². The standard InChI is InChI=1S/C25H24N2O2/c28-24(21-7-2-1-3-8-21)17-27-16-23-22-9-5-4-6-20(22)10-11-25(23)29-18-19-12-14-26-15-13-19/h1-15,24,27-28H,16-18H2. The number of rotatable bonds is 8. The predicted octanol–water partition coefficient (Wildman–Crippen LogP) is 4.64. The van der Waals surface area contributed by atoms with Gasteiger partial charge in [0.15, 0.2) is 0 Å². The van der Waals surface area contributed by atoms with Crippen LogP contribution >= 0.6 is 0 Å². The second-order valence-corrected chi connectivity index (χ2v) is 6.96. The molecule has 4 aromatic rings. The van der Waals surface area contributed by atoms with Gasteiger partial charge in [0.05, 0.1) is 6.10 Å². The fourth-order valence-electron chi connectivity index (χ4n) is 3.40. The van der Waals surface area contributed by atoms with Crippen molar-refractivity contribution in [1.82, 2.24) is 10.3 Å². The third-order valence-electron chi connectivity index (χ3n) is 4.97. The molecule has 4 heteroatoms. The van der Waals surface area contributed by atoms with E-state index in [0.717, 1.165) is 27.8 Å². The van der Waals surface area contributed by atoms with Gasteiger partial charge in [0.2, 0.25) is 0 Å². The lowest BCUT2D eigenvalue weighted by atomic mass is 10.0. The highest BCUT2D eigenvalue weighted by molar-refractivity contribution is 5.87. The Kier molecular flexibility index (Phi) is 6.15. The number of aromatic nitrogens is 1. The molecule has 1 aromatic heterocycles. The summed E-state index contributed by atoms with van der Waals surface area (Å²) in [5.74, 6) is 0.849. The summed E-state index contributed by atoms with van der Waals surface area (Å²) >= 11 is 0. The molecule has 0 amide bonds. The molecule has 0 aliphatic rings. The summed E-state index contributed by atoms with van der Waals surface area (Å²) in [6.07, 6.45) is 2.99. The number of pyridine rings is 1. The molecule has 3 aromatic carbocycles. The fraction of sp³-hybridized carbons (Fsp3) is 0.160. The normalized spacial score (nSPS) is 12.0. The third-order valence-corrected chi connectivity index (χ3v) is 4.97. The van der Waals surface area contributed by atoms with Gasteiger partial charge in [-0.1, -0.05) is 60.7 Å². The second-order valence-electron chi connectivity index (χ2n) is 6.96. The lowest BCUT2D eigenvalue weighted by molar-refractivity contribution is 0.174. The first-order valence-electron chi connectivity index (χ1n) is 9.77. The lowest BCUT2D eigenvalue weighted by Crippen LogP contribution is -2.21. The quantitative estimate of drug-likeness (QED) is 0.465. The second kappa shape index (κ2) is 9.32. The van der Waals surface area contributed by atoms with Crippen LogP contribution in [0.5, 0.6) is 5.75 Å². The Hall–Kier alpha value is -3.21. The number of ether oxygens (including phenoxy) is 1. The van der Waals surface area contributed by atoms with Gasteiger partial charge in [-0.2, -0.15) is 0 Å². The molecule has 4 rings (SSSR count). The Morgan fingerprint density at radius 1 is 0.862 bits per heavy atom. The van der Waals surface area contributed by atoms with Gasteiger partial charge < -0.3 is 15.2 Å². The number of hydrogen-bond donors (Lipinski definition) is 2. The first-order valence-corrected chi connectivity index (χ1v) is 9.77. The van der Waals surface area contributed by atoms with E-state index in [2.05, 4.69) is 28.5 Å². The first-order chi connectivity index (χ1) is 14.3. The average Bonchev–Trinajstić information content (AvgIpc) is 2.79. The summed E-state index contributed by atoms with van der Waals surface area (Å²) < 4.78 is 6.14. The molecule has 0 spiro atoms. The van der Waals surface area contributed by atoms with Crippen LogP contribution in [-0.4, -0.2) is 16.6 Å². The molecule has 1 unspecified atom stereocenters. The minimum Gasteiger partial charge on any atom is -0.489 e. The van der Waals surface area contributed by atoms with Crippen molar-refractivity contribution in [3.8, 4) is 5.75 Å². The summed E-state index contributed by atoms with van der Waals surface area (Å²) in [6.45, 7) is 1.56. The van der Waals surface area contributed by atoms with E-state index in [1.807, 2.05) is 60.7 Å². The summed E-state index contributed by atoms with van der Waals surface area (Å²) in [5.41, 5.74) is 3.08. The molecular formula is C25H24N2O2. The molecule has 2 N–H and O–H groups in total. The van der Waals surface area contributed by atoms with Crippen molar-refractivity contribution >= 4 is 10.8 Å². The van der Waals surface area contributed by atoms with E-state index in [9.17, 15) is 5.11 Å². The van der Waals surface area contributed by atoms with E-state index in [0.29, 0.717) is 19.7 Å². The Labute approximate surface area is 170 Å². The van der Waals surface area contributed by atoms with Crippen LogP contribution in [-0.2, 0) is 13.2 Å². The number of hydrogen-bond acceptors (Lipinski definition) is 4. The van der Waals surface area contributed by atoms with Crippen molar-refractivity contribution < 1.29 is 9.84 Å². The van der Waals surface area contributed by atoms with Crippen LogP contribution in [0.15, 0.2) is 91.3 Å². The maximum Gasteiger partial charge on any atom is 0.124 e. The highest BCUT2D eigenvalue weighted by Crippen LogP contribution is 2.29. The molecule has 0 saturated heterocycles. The number of nitrogens with zero attached hydrogens (tertiary/aromatic N) is 1. The zero-order valence-electron chi connectivity index (χ0n) is 16.2. The van der Waals surface area contributed by atoms with Gasteiger partial charge in [-0.3, -0.25) is 4.98 Å². The van der Waals surface area contributed by atoms with Gasteiger partial charge in [0.1, 0.15) is 12.4 Å². The van der Waals surface area contributed by atoms with Crippen molar-refractivity contribution in [2.24, 2.45) is 0 Å². The zero-order valence-corrected chi connectivity index (χ0v) is 16.2. The van der Waals surface area contributed by atoms with Gasteiger partial charge in [-0.15, -0.1) is 0 Å². The molecule has 146 valence electrons. The van der Waals surface area contributed by atoms with Crippen LogP contribution in [0.2, 0.25) is 0 Å². The van der Waals surface area contributed by atoms with Gasteiger partial charge in [0.25, 0.3) is 0 Å². The topological polar surface area (TPSA) is 54.4 Å². The van der Waals surface area contributed by atoms with Crippen molar-refractivity contribution in [1.29, 1.82) is 0 Å². The molecule has 0 aliphatic carbocycles. The lowest BCUT2D eigenvalue weighted by Gasteiger charge is -2.17. The highest BCUT2D eigenvalue weighted by Gasteiger charge is 2.11. The molecule has 1 heterocycles. The fourth-order valence-corrected chi connectivity index (χ4v) is 3.40. The van der Waals surface area contributed by atoms with E-state index >= 15 is 0 Å². The van der Waals surface area contributed by atoms with Crippen LogP contribution in [0.25, 0.3) is 10.8 Å². The number of benzene rings is 3. The van der Waals surface area contributed by atoms with E-state index in [1.54, 1.807) is 12.4 Å². The number of fused-ring (bicyclic) bond motifs is 1. The predicted molar refractivity (Wildman–Crippen MR) is 116 cm³/mol. The molecule has 0 aliphatic heterocycles. The molecule has 1 atom stereocenters. The zero-order chi connectivity index (χ0) is 19.9. The summed E-state index contributed by atoms with van der Waals surface area (Å²) in [6, 6.07) is 26.0. The SMILES string of the molecule is OC(CNCc1c(OCc2ccncc2)ccc2ccccc12)c1ccccc1. The van der Waals surface area contributed by atoms with E-state index in [1.165, 1.54) is 5.39 Å². The summed E-state index contributed by atoms with van der Waals surface area (Å²) in [5, 5.41) is 16.1. The maximum absolute atomic E-state index is 10.4. The Morgan fingerprint density at radius 3 is 2.45 bits per heavy atom. The van der Waals surface area contributed by atoms with Crippen LogP contribution in [0, 0.1) is 0 Å². The Balaban J connectivity index is 1.51. The third kappa shape index (κ3) is 4.80. The highest BCUT2D eigenvalue weighted by atomic mass is 16.5. The van der Waals surface area contributed by atoms with Gasteiger partial charge >= 0.3 is 0 Å². The molecule has 0 bridgehead atoms. The number of nitrogens with one attached hydrogen (secondary N) is 1. The average molecular weight is 384 g/mol. The Morgan fingerprint density at radius 2 is 1.62 bits per heavy atom. The number of aliphatic hydroxyl groups excluding tert-OH is 1. The van der Waals surface area contributed by atoms with E-state index < -0.39 is 6.10 Å². The molecule has 0 saturated carbocycles. The Bertz CT molecular complexity index is 1050. The van der Waals surface area contributed by atoms with Gasteiger partial charge in [0, 0.05) is 31.0 Å². The molecular weight excluding hydrogens is 360 g/mol. The minimum absolute atomic E-state index is 0.469. The monoisotopic (exact) mass is 384 g/mol. The van der Waals surface area contributed by atoms with Crippen molar-refractivity contribution in [3.63, 3.8) is 0 Å². The molecule has 0 fully saturated rings. The van der Waals surface area contributed by atoms with Gasteiger partial charge in [-0.25, -0.2) is 0 Å². The summed E-state index contributed by atoms with van der Waals surface area (Å²) in [7, 11) is 0. The van der Waals surface area contributed by atoms with E-state index in [-0.39, 0.29) is 0 Å². The smallest absolute Gasteiger partial charge is 0.124 e. The number of aliphatic hydroxyl groups is 1. The van der Waals surface area contributed by atoms with Crippen molar-refractivity contribution in [2.45, 2.75) is 19.3 Å². The summed E-state index contributed by atoms with van der Waals surface area (Å²) in [4.78, 5) is 4.05. The largest absolute Gasteiger partial charge is 0.489 e. The first kappa shape index (κ1) is 19.1. The van der Waals surface area contributed by atoms with Crippen LogP contribution < -0.4 is 10.1 Å². The van der Waals surface area contributed by atoms with Crippen LogP contribution in [0.3, 0.4) is 0 Å². The maximum atomic E-state index is 10.4. The molecule has 4 nitrogen and oxygen atoms in total. The van der Waals surface area contributed by atoms with Crippen LogP contribution in [0.4, 0.5) is 0 Å². The van der Waals surface area contributed by atoms with Crippen molar-refractivity contribution in [2.75, 3.05) is 6.54 Å². The minimum atomic E-state index is -0.549. The van der Waals surface area contributed by atoms with Crippen molar-refractivity contribution in [3.05, 3.63) is 108 Å². The molecule has 29 heavy (non-hydrogen) atoms. The molecule has 0 radical (unpaired) electrons. The van der Waals surface area contributed by atoms with Gasteiger partial charge in [-0.05, 0) is 40.1 Å².